The minimum atomic E-state index is -0.198. The predicted octanol–water partition coefficient (Wildman–Crippen LogP) is 4.46. The van der Waals surface area contributed by atoms with Crippen molar-refractivity contribution in [2.75, 3.05) is 12.4 Å². The van der Waals surface area contributed by atoms with Crippen LogP contribution >= 0.6 is 0 Å². The maximum atomic E-state index is 12.5. The topological polar surface area (TPSA) is 77.2 Å². The molecule has 6 heteroatoms. The Kier molecular flexibility index (Phi) is 4.30. The smallest absolute Gasteiger partial charge is 0.255 e. The van der Waals surface area contributed by atoms with Gasteiger partial charge in [-0.05, 0) is 61.0 Å². The molecule has 0 atom stereocenters. The summed E-state index contributed by atoms with van der Waals surface area (Å²) in [6.45, 7) is 1.92. The summed E-state index contributed by atoms with van der Waals surface area (Å²) in [7, 11) is 1.57. The van der Waals surface area contributed by atoms with Gasteiger partial charge in [0.05, 0.1) is 7.11 Å². The molecule has 0 saturated heterocycles. The van der Waals surface area contributed by atoms with Crippen molar-refractivity contribution >= 4 is 22.8 Å². The maximum absolute atomic E-state index is 12.5. The molecule has 0 unspecified atom stereocenters. The Morgan fingerprint density at radius 2 is 2.00 bits per heavy atom. The molecule has 0 spiro atoms. The Morgan fingerprint density at radius 3 is 2.78 bits per heavy atom. The SMILES string of the molecule is COc1cccc(C(=O)Nc2ccc(-c3nc4ncccc4o3)cc2C)c1. The Labute approximate surface area is 155 Å². The molecule has 0 aliphatic heterocycles. The van der Waals surface area contributed by atoms with Gasteiger partial charge in [0.1, 0.15) is 5.75 Å². The quantitative estimate of drug-likeness (QED) is 0.582. The molecule has 1 N–H and O–H groups in total. The van der Waals surface area contributed by atoms with Crippen molar-refractivity contribution in [2.24, 2.45) is 0 Å². The number of benzene rings is 2. The van der Waals surface area contributed by atoms with Crippen molar-refractivity contribution in [3.63, 3.8) is 0 Å². The number of fused-ring (bicyclic) bond motifs is 1. The van der Waals surface area contributed by atoms with E-state index in [-0.39, 0.29) is 5.91 Å². The maximum Gasteiger partial charge on any atom is 0.255 e. The van der Waals surface area contributed by atoms with Gasteiger partial charge in [0.25, 0.3) is 5.91 Å². The lowest BCUT2D eigenvalue weighted by Crippen LogP contribution is -2.12. The Hall–Kier alpha value is -3.67. The lowest BCUT2D eigenvalue weighted by molar-refractivity contribution is 0.102. The summed E-state index contributed by atoms with van der Waals surface area (Å²) in [4.78, 5) is 21.1. The van der Waals surface area contributed by atoms with Crippen LogP contribution in [0.1, 0.15) is 15.9 Å². The minimum absolute atomic E-state index is 0.198. The van der Waals surface area contributed by atoms with Crippen molar-refractivity contribution in [3.05, 3.63) is 71.9 Å². The van der Waals surface area contributed by atoms with Crippen molar-refractivity contribution < 1.29 is 13.9 Å². The number of amides is 1. The molecule has 4 rings (SSSR count). The van der Waals surface area contributed by atoms with Gasteiger partial charge in [0.15, 0.2) is 11.2 Å². The Bertz CT molecular complexity index is 1100. The van der Waals surface area contributed by atoms with E-state index in [1.807, 2.05) is 31.2 Å². The second-order valence-electron chi connectivity index (χ2n) is 6.06. The number of methoxy groups -OCH3 is 1. The highest BCUT2D eigenvalue weighted by molar-refractivity contribution is 6.05. The molecule has 1 amide bonds. The number of nitrogens with zero attached hydrogens (tertiary/aromatic N) is 2. The number of hydrogen-bond donors (Lipinski definition) is 1. The molecule has 2 heterocycles. The van der Waals surface area contributed by atoms with Crippen LogP contribution in [0.2, 0.25) is 0 Å². The van der Waals surface area contributed by atoms with E-state index in [1.165, 1.54) is 0 Å². The van der Waals surface area contributed by atoms with Crippen molar-refractivity contribution in [2.45, 2.75) is 6.92 Å². The zero-order chi connectivity index (χ0) is 18.8. The summed E-state index contributed by atoms with van der Waals surface area (Å²) in [6, 6.07) is 16.3. The molecule has 2 aromatic carbocycles. The summed E-state index contributed by atoms with van der Waals surface area (Å²) in [5.41, 5.74) is 4.19. The second kappa shape index (κ2) is 6.92. The van der Waals surface area contributed by atoms with Crippen molar-refractivity contribution in [3.8, 4) is 17.2 Å². The zero-order valence-electron chi connectivity index (χ0n) is 14.9. The van der Waals surface area contributed by atoms with E-state index in [0.29, 0.717) is 28.4 Å². The summed E-state index contributed by atoms with van der Waals surface area (Å²) >= 11 is 0. The third-order valence-corrected chi connectivity index (χ3v) is 4.22. The third-order valence-electron chi connectivity index (χ3n) is 4.22. The van der Waals surface area contributed by atoms with Gasteiger partial charge in [-0.1, -0.05) is 6.07 Å². The molecule has 0 aliphatic carbocycles. The van der Waals surface area contributed by atoms with Gasteiger partial charge in [0.2, 0.25) is 5.89 Å². The number of anilines is 1. The van der Waals surface area contributed by atoms with E-state index in [1.54, 1.807) is 43.6 Å². The summed E-state index contributed by atoms with van der Waals surface area (Å²) in [5, 5.41) is 2.93. The molecule has 2 aromatic heterocycles. The first-order valence-electron chi connectivity index (χ1n) is 8.42. The third kappa shape index (κ3) is 3.37. The number of aromatic nitrogens is 2. The fraction of sp³-hybridized carbons (Fsp3) is 0.0952. The normalized spacial score (nSPS) is 10.7. The van der Waals surface area contributed by atoms with Crippen LogP contribution in [-0.2, 0) is 0 Å². The number of aryl methyl sites for hydroxylation is 1. The van der Waals surface area contributed by atoms with Crippen LogP contribution in [0.15, 0.2) is 65.2 Å². The summed E-state index contributed by atoms with van der Waals surface area (Å²) in [5.74, 6) is 0.938. The lowest BCUT2D eigenvalue weighted by atomic mass is 10.1. The van der Waals surface area contributed by atoms with Gasteiger partial charge >= 0.3 is 0 Å². The average Bonchev–Trinajstić information content (AvgIpc) is 3.13. The number of pyridine rings is 1. The average molecular weight is 359 g/mol. The molecule has 0 saturated carbocycles. The van der Waals surface area contributed by atoms with Crippen LogP contribution < -0.4 is 10.1 Å². The summed E-state index contributed by atoms with van der Waals surface area (Å²) in [6.07, 6.45) is 1.68. The fourth-order valence-electron chi connectivity index (χ4n) is 2.79. The molecule has 134 valence electrons. The second-order valence-corrected chi connectivity index (χ2v) is 6.06. The first-order valence-corrected chi connectivity index (χ1v) is 8.42. The van der Waals surface area contributed by atoms with Gasteiger partial charge in [-0.15, -0.1) is 0 Å². The Morgan fingerprint density at radius 1 is 1.11 bits per heavy atom. The van der Waals surface area contributed by atoms with Crippen LogP contribution in [0.3, 0.4) is 0 Å². The number of oxazole rings is 1. The van der Waals surface area contributed by atoms with Gasteiger partial charge in [0, 0.05) is 23.0 Å². The lowest BCUT2D eigenvalue weighted by Gasteiger charge is -2.10. The van der Waals surface area contributed by atoms with Crippen LogP contribution in [0.4, 0.5) is 5.69 Å². The van der Waals surface area contributed by atoms with Crippen LogP contribution in [0.5, 0.6) is 5.75 Å². The van der Waals surface area contributed by atoms with Gasteiger partial charge in [-0.2, -0.15) is 4.98 Å². The van der Waals surface area contributed by atoms with E-state index in [9.17, 15) is 4.79 Å². The largest absolute Gasteiger partial charge is 0.497 e. The van der Waals surface area contributed by atoms with Crippen molar-refractivity contribution in [1.82, 2.24) is 9.97 Å². The van der Waals surface area contributed by atoms with Crippen LogP contribution in [0, 0.1) is 6.92 Å². The van der Waals surface area contributed by atoms with Crippen LogP contribution in [0.25, 0.3) is 22.7 Å². The Balaban J connectivity index is 1.58. The molecule has 27 heavy (non-hydrogen) atoms. The molecule has 6 nitrogen and oxygen atoms in total. The van der Waals surface area contributed by atoms with E-state index in [0.717, 1.165) is 16.8 Å². The van der Waals surface area contributed by atoms with E-state index in [4.69, 9.17) is 9.15 Å². The van der Waals surface area contributed by atoms with Gasteiger partial charge in [-0.3, -0.25) is 4.79 Å². The van der Waals surface area contributed by atoms with Gasteiger partial charge in [-0.25, -0.2) is 4.98 Å². The van der Waals surface area contributed by atoms with E-state index in [2.05, 4.69) is 15.3 Å². The monoisotopic (exact) mass is 359 g/mol. The number of hydrogen-bond acceptors (Lipinski definition) is 5. The van der Waals surface area contributed by atoms with E-state index < -0.39 is 0 Å². The highest BCUT2D eigenvalue weighted by Gasteiger charge is 2.12. The molecule has 0 bridgehead atoms. The van der Waals surface area contributed by atoms with Crippen LogP contribution in [-0.4, -0.2) is 23.0 Å². The van der Waals surface area contributed by atoms with E-state index >= 15 is 0 Å². The molecular weight excluding hydrogens is 342 g/mol. The number of carbonyl (C=O) groups is 1. The molecule has 0 radical (unpaired) electrons. The minimum Gasteiger partial charge on any atom is -0.497 e. The molecule has 0 aliphatic rings. The predicted molar refractivity (Wildman–Crippen MR) is 103 cm³/mol. The van der Waals surface area contributed by atoms with Crippen molar-refractivity contribution in [1.29, 1.82) is 0 Å². The zero-order valence-corrected chi connectivity index (χ0v) is 14.9. The standard InChI is InChI=1S/C21H17N3O3/c1-13-11-15(21-24-19-18(27-21)7-4-10-22-19)8-9-17(13)23-20(25)14-5-3-6-16(12-14)26-2/h3-12H,1-2H3,(H,23,25). The molecule has 4 aromatic rings. The molecular formula is C21H17N3O3. The number of nitrogens with one attached hydrogen (secondary N) is 1. The number of rotatable bonds is 4. The van der Waals surface area contributed by atoms with Gasteiger partial charge < -0.3 is 14.5 Å². The summed E-state index contributed by atoms with van der Waals surface area (Å²) < 4.78 is 10.9. The fourth-order valence-corrected chi connectivity index (χ4v) is 2.79. The first-order chi connectivity index (χ1) is 13.1. The first kappa shape index (κ1) is 16.8. The highest BCUT2D eigenvalue weighted by Crippen LogP contribution is 2.27. The number of carbonyl (C=O) groups excluding carboxylic acids is 1. The highest BCUT2D eigenvalue weighted by atomic mass is 16.5. The molecule has 0 fully saturated rings. The number of ether oxygens (including phenoxy) is 1.